The molecular formula is C12H16O3. The van der Waals surface area contributed by atoms with E-state index in [9.17, 15) is 0 Å². The van der Waals surface area contributed by atoms with Gasteiger partial charge in [0.1, 0.15) is 12.4 Å². The first-order chi connectivity index (χ1) is 7.30. The lowest BCUT2D eigenvalue weighted by Gasteiger charge is -2.16. The second-order valence-electron chi connectivity index (χ2n) is 3.01. The summed E-state index contributed by atoms with van der Waals surface area (Å²) in [6, 6.07) is 7.61. The predicted octanol–water partition coefficient (Wildman–Crippen LogP) is 2.33. The number of ether oxygens (including phenoxy) is 3. The van der Waals surface area contributed by atoms with Gasteiger partial charge in [-0.1, -0.05) is 24.8 Å². The number of benzene rings is 1. The van der Waals surface area contributed by atoms with Crippen LogP contribution in [0.3, 0.4) is 0 Å². The van der Waals surface area contributed by atoms with Crippen molar-refractivity contribution in [3.8, 4) is 5.75 Å². The summed E-state index contributed by atoms with van der Waals surface area (Å²) in [6.07, 6.45) is 1.41. The van der Waals surface area contributed by atoms with Crippen molar-refractivity contribution in [1.82, 2.24) is 0 Å². The third-order valence-electron chi connectivity index (χ3n) is 1.95. The summed E-state index contributed by atoms with van der Waals surface area (Å²) in [5.41, 5.74) is 1.06. The fraction of sp³-hybridized carbons (Fsp3) is 0.333. The van der Waals surface area contributed by atoms with Crippen molar-refractivity contribution in [2.45, 2.75) is 6.29 Å². The second kappa shape index (κ2) is 6.22. The van der Waals surface area contributed by atoms with Gasteiger partial charge in [0.2, 0.25) is 6.29 Å². The zero-order valence-electron chi connectivity index (χ0n) is 9.10. The highest BCUT2D eigenvalue weighted by Gasteiger charge is 2.07. The maximum Gasteiger partial charge on any atom is 0.223 e. The van der Waals surface area contributed by atoms with Crippen molar-refractivity contribution in [1.29, 1.82) is 0 Å². The summed E-state index contributed by atoms with van der Waals surface area (Å²) in [7, 11) is 3.19. The molecule has 3 heteroatoms. The Morgan fingerprint density at radius 1 is 1.27 bits per heavy atom. The first-order valence-electron chi connectivity index (χ1n) is 4.71. The van der Waals surface area contributed by atoms with Crippen LogP contribution in [0, 0.1) is 0 Å². The van der Waals surface area contributed by atoms with E-state index in [1.165, 1.54) is 0 Å². The Morgan fingerprint density at radius 3 is 2.40 bits per heavy atom. The second-order valence-corrected chi connectivity index (χ2v) is 3.01. The van der Waals surface area contributed by atoms with Gasteiger partial charge in [-0.05, 0) is 17.7 Å². The van der Waals surface area contributed by atoms with Crippen LogP contribution >= 0.6 is 0 Å². The van der Waals surface area contributed by atoms with E-state index in [-0.39, 0.29) is 6.29 Å². The Kier molecular flexibility index (Phi) is 4.87. The number of hydrogen-bond acceptors (Lipinski definition) is 3. The molecule has 0 aliphatic rings. The molecule has 3 nitrogen and oxygen atoms in total. The molecule has 0 amide bonds. The quantitative estimate of drug-likeness (QED) is 0.671. The van der Waals surface area contributed by atoms with Crippen LogP contribution in [0.4, 0.5) is 0 Å². The zero-order chi connectivity index (χ0) is 11.1. The third-order valence-corrected chi connectivity index (χ3v) is 1.95. The molecule has 15 heavy (non-hydrogen) atoms. The molecule has 0 saturated heterocycles. The monoisotopic (exact) mass is 208 g/mol. The van der Waals surface area contributed by atoms with E-state index in [0.29, 0.717) is 6.61 Å². The van der Waals surface area contributed by atoms with Crippen LogP contribution in [0.2, 0.25) is 0 Å². The standard InChI is InChI=1S/C12H16O3/c1-4-10-5-7-11(8-6-10)15-12(14-3)9-13-2/h4-8,12H,1,9H2,2-3H3. The molecule has 0 saturated carbocycles. The highest BCUT2D eigenvalue weighted by atomic mass is 16.7. The Balaban J connectivity index is 2.58. The summed E-state index contributed by atoms with van der Waals surface area (Å²) in [5.74, 6) is 0.754. The molecule has 82 valence electrons. The highest BCUT2D eigenvalue weighted by Crippen LogP contribution is 2.14. The first-order valence-corrected chi connectivity index (χ1v) is 4.71. The van der Waals surface area contributed by atoms with Crippen LogP contribution in [0.1, 0.15) is 5.56 Å². The van der Waals surface area contributed by atoms with Crippen LogP contribution < -0.4 is 4.74 Å². The van der Waals surface area contributed by atoms with E-state index in [1.807, 2.05) is 24.3 Å². The van der Waals surface area contributed by atoms with E-state index in [1.54, 1.807) is 20.3 Å². The van der Waals surface area contributed by atoms with E-state index >= 15 is 0 Å². The summed E-state index contributed by atoms with van der Waals surface area (Å²) in [6.45, 7) is 4.08. The van der Waals surface area contributed by atoms with Crippen molar-refractivity contribution in [2.75, 3.05) is 20.8 Å². The van der Waals surface area contributed by atoms with Crippen molar-refractivity contribution in [3.05, 3.63) is 36.4 Å². The molecule has 1 unspecified atom stereocenters. The SMILES string of the molecule is C=Cc1ccc(OC(COC)OC)cc1. The minimum atomic E-state index is -0.371. The topological polar surface area (TPSA) is 27.7 Å². The molecule has 0 spiro atoms. The summed E-state index contributed by atoms with van der Waals surface area (Å²) >= 11 is 0. The summed E-state index contributed by atoms with van der Waals surface area (Å²) < 4.78 is 15.6. The molecule has 0 bridgehead atoms. The van der Waals surface area contributed by atoms with Gasteiger partial charge in [0.05, 0.1) is 0 Å². The predicted molar refractivity (Wildman–Crippen MR) is 59.8 cm³/mol. The van der Waals surface area contributed by atoms with Gasteiger partial charge in [0.25, 0.3) is 0 Å². The van der Waals surface area contributed by atoms with E-state index < -0.39 is 0 Å². The summed E-state index contributed by atoms with van der Waals surface area (Å²) in [4.78, 5) is 0. The van der Waals surface area contributed by atoms with Crippen LogP contribution in [-0.4, -0.2) is 27.1 Å². The Bertz CT molecular complexity index is 292. The molecule has 0 heterocycles. The van der Waals surface area contributed by atoms with Gasteiger partial charge in [-0.15, -0.1) is 0 Å². The molecule has 1 rings (SSSR count). The molecule has 1 aromatic carbocycles. The lowest BCUT2D eigenvalue weighted by Crippen LogP contribution is -2.24. The summed E-state index contributed by atoms with van der Waals surface area (Å²) in [5, 5.41) is 0. The smallest absolute Gasteiger partial charge is 0.223 e. The maximum absolute atomic E-state index is 5.52. The van der Waals surface area contributed by atoms with Crippen LogP contribution in [-0.2, 0) is 9.47 Å². The lowest BCUT2D eigenvalue weighted by molar-refractivity contribution is -0.0931. The van der Waals surface area contributed by atoms with E-state index in [0.717, 1.165) is 11.3 Å². The van der Waals surface area contributed by atoms with Crippen LogP contribution in [0.15, 0.2) is 30.8 Å². The molecule has 0 aliphatic carbocycles. The van der Waals surface area contributed by atoms with Crippen molar-refractivity contribution >= 4 is 6.08 Å². The average Bonchev–Trinajstić information content (AvgIpc) is 2.29. The fourth-order valence-corrected chi connectivity index (χ4v) is 1.12. The van der Waals surface area contributed by atoms with Gasteiger partial charge in [-0.25, -0.2) is 0 Å². The molecule has 0 radical (unpaired) electrons. The average molecular weight is 208 g/mol. The molecule has 0 aromatic heterocycles. The van der Waals surface area contributed by atoms with Gasteiger partial charge in [0.15, 0.2) is 0 Å². The van der Waals surface area contributed by atoms with Gasteiger partial charge in [0, 0.05) is 14.2 Å². The normalized spacial score (nSPS) is 12.1. The number of hydrogen-bond donors (Lipinski definition) is 0. The Morgan fingerprint density at radius 2 is 1.93 bits per heavy atom. The van der Waals surface area contributed by atoms with E-state index in [2.05, 4.69) is 6.58 Å². The molecule has 1 atom stereocenters. The van der Waals surface area contributed by atoms with Crippen LogP contribution in [0.25, 0.3) is 6.08 Å². The van der Waals surface area contributed by atoms with E-state index in [4.69, 9.17) is 14.2 Å². The maximum atomic E-state index is 5.52. The Hall–Kier alpha value is -1.32. The fourth-order valence-electron chi connectivity index (χ4n) is 1.12. The third kappa shape index (κ3) is 3.73. The van der Waals surface area contributed by atoms with Crippen molar-refractivity contribution < 1.29 is 14.2 Å². The largest absolute Gasteiger partial charge is 0.462 e. The van der Waals surface area contributed by atoms with Gasteiger partial charge >= 0.3 is 0 Å². The first kappa shape index (κ1) is 11.8. The lowest BCUT2D eigenvalue weighted by atomic mass is 10.2. The zero-order valence-corrected chi connectivity index (χ0v) is 9.10. The molecule has 0 aliphatic heterocycles. The number of rotatable bonds is 6. The van der Waals surface area contributed by atoms with Crippen molar-refractivity contribution in [2.24, 2.45) is 0 Å². The van der Waals surface area contributed by atoms with Crippen LogP contribution in [0.5, 0.6) is 5.75 Å². The molecule has 0 N–H and O–H groups in total. The highest BCUT2D eigenvalue weighted by molar-refractivity contribution is 5.48. The minimum Gasteiger partial charge on any atom is -0.462 e. The van der Waals surface area contributed by atoms with Gasteiger partial charge < -0.3 is 14.2 Å². The van der Waals surface area contributed by atoms with Gasteiger partial charge in [-0.3, -0.25) is 0 Å². The Labute approximate surface area is 90.3 Å². The molecule has 1 aromatic rings. The van der Waals surface area contributed by atoms with Gasteiger partial charge in [-0.2, -0.15) is 0 Å². The van der Waals surface area contributed by atoms with Crippen molar-refractivity contribution in [3.63, 3.8) is 0 Å². The molecule has 0 fully saturated rings. The minimum absolute atomic E-state index is 0.371. The molecular weight excluding hydrogens is 192 g/mol. The number of methoxy groups -OCH3 is 2.